The number of piperidine rings is 1. The number of nitrogens with one attached hydrogen (secondary N) is 1. The number of likely N-dealkylation sites (tertiary alicyclic amines) is 1. The van der Waals surface area contributed by atoms with Crippen LogP contribution in [0.25, 0.3) is 0 Å². The Kier molecular flexibility index (Phi) is 7.39. The fourth-order valence-corrected chi connectivity index (χ4v) is 2.66. The summed E-state index contributed by atoms with van der Waals surface area (Å²) in [5.41, 5.74) is 0. The minimum atomic E-state index is -0.153. The number of hydrogen-bond donors (Lipinski definition) is 1. The monoisotopic (exact) mass is 270 g/mol. The zero-order valence-corrected chi connectivity index (χ0v) is 12.9. The summed E-state index contributed by atoms with van der Waals surface area (Å²) in [6, 6.07) is -0.153. The Morgan fingerprint density at radius 3 is 2.68 bits per heavy atom. The Morgan fingerprint density at radius 2 is 2.11 bits per heavy atom. The van der Waals surface area contributed by atoms with Gasteiger partial charge in [-0.1, -0.05) is 20.8 Å². The zero-order chi connectivity index (χ0) is 14.3. The summed E-state index contributed by atoms with van der Waals surface area (Å²) < 4.78 is 5.11. The molecule has 4 nitrogen and oxygen atoms in total. The van der Waals surface area contributed by atoms with Crippen molar-refractivity contribution in [1.29, 1.82) is 0 Å². The molecule has 1 N–H and O–H groups in total. The largest absolute Gasteiger partial charge is 0.465 e. The topological polar surface area (TPSA) is 41.6 Å². The van der Waals surface area contributed by atoms with Crippen LogP contribution < -0.4 is 5.32 Å². The summed E-state index contributed by atoms with van der Waals surface area (Å²) >= 11 is 0. The third-order valence-electron chi connectivity index (χ3n) is 4.17. The summed E-state index contributed by atoms with van der Waals surface area (Å²) in [5.74, 6) is 1.47. The van der Waals surface area contributed by atoms with Crippen LogP contribution in [0.2, 0.25) is 0 Å². The van der Waals surface area contributed by atoms with Crippen molar-refractivity contribution in [3.05, 3.63) is 0 Å². The molecule has 0 aromatic rings. The van der Waals surface area contributed by atoms with Crippen LogP contribution in [0.1, 0.15) is 40.5 Å². The van der Waals surface area contributed by atoms with Crippen molar-refractivity contribution in [3.8, 4) is 0 Å². The van der Waals surface area contributed by atoms with Crippen molar-refractivity contribution in [3.63, 3.8) is 0 Å². The third-order valence-corrected chi connectivity index (χ3v) is 4.17. The van der Waals surface area contributed by atoms with Crippen LogP contribution in [0.5, 0.6) is 0 Å². The Balaban J connectivity index is 2.37. The first-order valence-electron chi connectivity index (χ1n) is 7.70. The molecular formula is C15H30N2O2. The molecule has 4 heteroatoms. The molecule has 1 saturated heterocycles. The number of ether oxygens (including phenoxy) is 1. The Bertz CT molecular complexity index is 271. The number of likely N-dealkylation sites (N-methyl/N-ethyl adjacent to an activating group) is 1. The van der Waals surface area contributed by atoms with E-state index in [2.05, 4.69) is 24.1 Å². The van der Waals surface area contributed by atoms with Gasteiger partial charge in [0.25, 0.3) is 0 Å². The normalized spacial score (nSPS) is 26.1. The highest BCUT2D eigenvalue weighted by molar-refractivity contribution is 5.75. The van der Waals surface area contributed by atoms with Crippen molar-refractivity contribution in [2.45, 2.75) is 46.6 Å². The molecule has 0 amide bonds. The summed E-state index contributed by atoms with van der Waals surface area (Å²) in [7, 11) is 0. The average Bonchev–Trinajstić information content (AvgIpc) is 2.38. The van der Waals surface area contributed by atoms with E-state index in [-0.39, 0.29) is 12.0 Å². The fraction of sp³-hybridized carbons (Fsp3) is 0.933. The molecule has 0 aromatic heterocycles. The van der Waals surface area contributed by atoms with E-state index >= 15 is 0 Å². The van der Waals surface area contributed by atoms with E-state index in [1.54, 1.807) is 0 Å². The molecule has 0 aliphatic carbocycles. The molecule has 1 heterocycles. The predicted octanol–water partition coefficient (Wildman–Crippen LogP) is 1.90. The maximum absolute atomic E-state index is 11.8. The van der Waals surface area contributed by atoms with Crippen LogP contribution in [0, 0.1) is 11.8 Å². The van der Waals surface area contributed by atoms with Gasteiger partial charge in [0, 0.05) is 13.1 Å². The molecule has 0 bridgehead atoms. The second kappa shape index (κ2) is 8.54. The molecule has 19 heavy (non-hydrogen) atoms. The standard InChI is InChI=1S/C15H30N2O2/c1-5-16-14(15(18)19-6-2)8-10-17-9-7-12(3)13(4)11-17/h12-14,16H,5-11H2,1-4H3. The third kappa shape index (κ3) is 5.49. The summed E-state index contributed by atoms with van der Waals surface area (Å²) in [4.78, 5) is 14.3. The lowest BCUT2D eigenvalue weighted by molar-refractivity contribution is -0.145. The molecule has 3 unspecified atom stereocenters. The summed E-state index contributed by atoms with van der Waals surface area (Å²) in [6.45, 7) is 13.1. The second-order valence-corrected chi connectivity index (χ2v) is 5.69. The van der Waals surface area contributed by atoms with Crippen LogP contribution >= 0.6 is 0 Å². The van der Waals surface area contributed by atoms with Crippen molar-refractivity contribution < 1.29 is 9.53 Å². The average molecular weight is 270 g/mol. The smallest absolute Gasteiger partial charge is 0.323 e. The lowest BCUT2D eigenvalue weighted by Crippen LogP contribution is -2.44. The van der Waals surface area contributed by atoms with Crippen LogP contribution in [-0.2, 0) is 9.53 Å². The van der Waals surface area contributed by atoms with E-state index < -0.39 is 0 Å². The zero-order valence-electron chi connectivity index (χ0n) is 12.9. The lowest BCUT2D eigenvalue weighted by Gasteiger charge is -2.35. The number of rotatable bonds is 7. The minimum Gasteiger partial charge on any atom is -0.465 e. The predicted molar refractivity (Wildman–Crippen MR) is 78.1 cm³/mol. The van der Waals surface area contributed by atoms with Gasteiger partial charge in [-0.25, -0.2) is 0 Å². The van der Waals surface area contributed by atoms with Crippen molar-refractivity contribution in [2.75, 3.05) is 32.8 Å². The molecule has 112 valence electrons. The van der Waals surface area contributed by atoms with Gasteiger partial charge in [-0.3, -0.25) is 4.79 Å². The van der Waals surface area contributed by atoms with Gasteiger partial charge in [-0.05, 0) is 44.7 Å². The molecular weight excluding hydrogens is 240 g/mol. The van der Waals surface area contributed by atoms with Gasteiger partial charge in [0.05, 0.1) is 6.61 Å². The van der Waals surface area contributed by atoms with Gasteiger partial charge in [0.15, 0.2) is 0 Å². The van der Waals surface area contributed by atoms with Crippen molar-refractivity contribution in [2.24, 2.45) is 11.8 Å². The Labute approximate surface area is 117 Å². The van der Waals surface area contributed by atoms with Gasteiger partial charge in [0.2, 0.25) is 0 Å². The van der Waals surface area contributed by atoms with Crippen molar-refractivity contribution in [1.82, 2.24) is 10.2 Å². The maximum atomic E-state index is 11.8. The number of esters is 1. The molecule has 1 rings (SSSR count). The van der Waals surface area contributed by atoms with E-state index in [1.807, 2.05) is 13.8 Å². The number of carbonyl (C=O) groups excluding carboxylic acids is 1. The van der Waals surface area contributed by atoms with Gasteiger partial charge in [-0.15, -0.1) is 0 Å². The van der Waals surface area contributed by atoms with Gasteiger partial charge in [-0.2, -0.15) is 0 Å². The highest BCUT2D eigenvalue weighted by atomic mass is 16.5. The quantitative estimate of drug-likeness (QED) is 0.717. The number of carbonyl (C=O) groups is 1. The molecule has 1 fully saturated rings. The number of nitrogens with zero attached hydrogens (tertiary/aromatic N) is 1. The molecule has 0 aromatic carbocycles. The van der Waals surface area contributed by atoms with E-state index in [4.69, 9.17) is 4.74 Å². The first-order valence-corrected chi connectivity index (χ1v) is 7.70. The molecule has 3 atom stereocenters. The fourth-order valence-electron chi connectivity index (χ4n) is 2.66. The van der Waals surface area contributed by atoms with E-state index in [1.165, 1.54) is 6.42 Å². The molecule has 1 aliphatic heterocycles. The van der Waals surface area contributed by atoms with Gasteiger partial charge < -0.3 is 15.0 Å². The molecule has 0 spiro atoms. The van der Waals surface area contributed by atoms with E-state index in [0.29, 0.717) is 6.61 Å². The first kappa shape index (κ1) is 16.4. The summed E-state index contributed by atoms with van der Waals surface area (Å²) in [6.07, 6.45) is 2.11. The van der Waals surface area contributed by atoms with E-state index in [9.17, 15) is 4.79 Å². The van der Waals surface area contributed by atoms with Gasteiger partial charge in [0.1, 0.15) is 6.04 Å². The van der Waals surface area contributed by atoms with Crippen LogP contribution in [-0.4, -0.2) is 49.7 Å². The molecule has 0 saturated carbocycles. The van der Waals surface area contributed by atoms with Crippen LogP contribution in [0.15, 0.2) is 0 Å². The van der Waals surface area contributed by atoms with Crippen LogP contribution in [0.3, 0.4) is 0 Å². The summed E-state index contributed by atoms with van der Waals surface area (Å²) in [5, 5.41) is 3.23. The minimum absolute atomic E-state index is 0.109. The Morgan fingerprint density at radius 1 is 1.37 bits per heavy atom. The van der Waals surface area contributed by atoms with Gasteiger partial charge >= 0.3 is 5.97 Å². The van der Waals surface area contributed by atoms with E-state index in [0.717, 1.165) is 44.4 Å². The SMILES string of the molecule is CCNC(CCN1CCC(C)C(C)C1)C(=O)OCC. The van der Waals surface area contributed by atoms with Crippen LogP contribution in [0.4, 0.5) is 0 Å². The second-order valence-electron chi connectivity index (χ2n) is 5.69. The number of hydrogen-bond acceptors (Lipinski definition) is 4. The highest BCUT2D eigenvalue weighted by Crippen LogP contribution is 2.22. The van der Waals surface area contributed by atoms with Crippen molar-refractivity contribution >= 4 is 5.97 Å². The molecule has 1 aliphatic rings. The Hall–Kier alpha value is -0.610. The molecule has 0 radical (unpaired) electrons. The highest BCUT2D eigenvalue weighted by Gasteiger charge is 2.24. The lowest BCUT2D eigenvalue weighted by atomic mass is 9.88. The first-order chi connectivity index (χ1) is 9.08. The maximum Gasteiger partial charge on any atom is 0.323 e.